The summed E-state index contributed by atoms with van der Waals surface area (Å²) in [4.78, 5) is 0. The molecule has 0 saturated heterocycles. The summed E-state index contributed by atoms with van der Waals surface area (Å²) in [5.41, 5.74) is 4.94. The van der Waals surface area contributed by atoms with Crippen molar-refractivity contribution in [3.63, 3.8) is 0 Å². The second kappa shape index (κ2) is 7.22. The van der Waals surface area contributed by atoms with Crippen molar-refractivity contribution in [1.29, 1.82) is 0 Å². The lowest BCUT2D eigenvalue weighted by atomic mass is 9.85. The first-order valence-corrected chi connectivity index (χ1v) is 8.24. The molecule has 2 heteroatoms. The van der Waals surface area contributed by atoms with E-state index in [-0.39, 0.29) is 11.7 Å². The van der Waals surface area contributed by atoms with Crippen molar-refractivity contribution in [2.75, 3.05) is 7.11 Å². The molecular formula is C22H22O2. The number of hydrogen-bond acceptors (Lipinski definition) is 2. The van der Waals surface area contributed by atoms with Crippen LogP contribution in [0.25, 0.3) is 11.1 Å². The summed E-state index contributed by atoms with van der Waals surface area (Å²) in [5, 5.41) is 9.62. The van der Waals surface area contributed by atoms with Gasteiger partial charge in [-0.3, -0.25) is 0 Å². The Morgan fingerprint density at radius 2 is 1.50 bits per heavy atom. The van der Waals surface area contributed by atoms with Crippen LogP contribution in [0, 0.1) is 5.92 Å². The molecule has 122 valence electrons. The maximum atomic E-state index is 9.62. The van der Waals surface area contributed by atoms with Crippen molar-refractivity contribution in [1.82, 2.24) is 0 Å². The summed E-state index contributed by atoms with van der Waals surface area (Å²) in [6.07, 6.45) is 9.53. The van der Waals surface area contributed by atoms with Gasteiger partial charge in [0.1, 0.15) is 11.5 Å². The van der Waals surface area contributed by atoms with Crippen LogP contribution < -0.4 is 4.74 Å². The van der Waals surface area contributed by atoms with E-state index in [2.05, 4.69) is 43.4 Å². The third kappa shape index (κ3) is 3.28. The Bertz CT molecular complexity index is 766. The van der Waals surface area contributed by atoms with Crippen LogP contribution in [0.4, 0.5) is 0 Å². The number of phenolic OH excluding ortho intramolecular Hbond substituents is 1. The van der Waals surface area contributed by atoms with Gasteiger partial charge in [-0.05, 0) is 53.0 Å². The highest BCUT2D eigenvalue weighted by atomic mass is 16.5. The van der Waals surface area contributed by atoms with E-state index in [0.717, 1.165) is 17.7 Å². The van der Waals surface area contributed by atoms with Crippen molar-refractivity contribution in [2.45, 2.75) is 13.3 Å². The fraction of sp³-hybridized carbons (Fsp3) is 0.182. The maximum Gasteiger partial charge on any atom is 0.118 e. The Labute approximate surface area is 143 Å². The van der Waals surface area contributed by atoms with E-state index in [1.165, 1.54) is 16.7 Å². The third-order valence-corrected chi connectivity index (χ3v) is 4.38. The van der Waals surface area contributed by atoms with Crippen molar-refractivity contribution < 1.29 is 9.84 Å². The van der Waals surface area contributed by atoms with E-state index in [1.807, 2.05) is 24.3 Å². The molecule has 0 aromatic heterocycles. The monoisotopic (exact) mass is 318 g/mol. The Balaban J connectivity index is 2.15. The molecular weight excluding hydrogens is 296 g/mol. The maximum absolute atomic E-state index is 9.62. The highest BCUT2D eigenvalue weighted by molar-refractivity contribution is 5.93. The third-order valence-electron chi connectivity index (χ3n) is 4.38. The lowest BCUT2D eigenvalue weighted by Gasteiger charge is -2.19. The van der Waals surface area contributed by atoms with Gasteiger partial charge in [-0.25, -0.2) is 0 Å². The number of rotatable bonds is 5. The summed E-state index contributed by atoms with van der Waals surface area (Å²) in [6, 6.07) is 15.7. The fourth-order valence-corrected chi connectivity index (χ4v) is 3.18. The SMILES string of the molecule is CC/C(=C(\c1ccc(O)cc1)C1C=CC=C1)c1ccc(OC)cc1. The zero-order valence-electron chi connectivity index (χ0n) is 14.1. The molecule has 24 heavy (non-hydrogen) atoms. The Hall–Kier alpha value is -2.74. The van der Waals surface area contributed by atoms with E-state index in [0.29, 0.717) is 0 Å². The zero-order chi connectivity index (χ0) is 16.9. The van der Waals surface area contributed by atoms with Crippen LogP contribution in [0.3, 0.4) is 0 Å². The predicted octanol–water partition coefficient (Wildman–Crippen LogP) is 5.46. The van der Waals surface area contributed by atoms with Gasteiger partial charge in [-0.2, -0.15) is 0 Å². The molecule has 2 aromatic carbocycles. The van der Waals surface area contributed by atoms with Gasteiger partial charge < -0.3 is 9.84 Å². The van der Waals surface area contributed by atoms with Crippen LogP contribution in [0.2, 0.25) is 0 Å². The average Bonchev–Trinajstić information content (AvgIpc) is 3.15. The van der Waals surface area contributed by atoms with Crippen molar-refractivity contribution in [3.05, 3.63) is 84.0 Å². The molecule has 1 aliphatic rings. The van der Waals surface area contributed by atoms with E-state index >= 15 is 0 Å². The molecule has 0 saturated carbocycles. The minimum Gasteiger partial charge on any atom is -0.508 e. The number of aromatic hydroxyl groups is 1. The molecule has 0 fully saturated rings. The molecule has 1 aliphatic carbocycles. The van der Waals surface area contributed by atoms with Crippen LogP contribution >= 0.6 is 0 Å². The highest BCUT2D eigenvalue weighted by Gasteiger charge is 2.18. The molecule has 0 amide bonds. The average molecular weight is 318 g/mol. The van der Waals surface area contributed by atoms with Crippen LogP contribution in [-0.4, -0.2) is 12.2 Å². The zero-order valence-corrected chi connectivity index (χ0v) is 14.1. The number of phenols is 1. The number of allylic oxidation sites excluding steroid dienone is 6. The summed E-state index contributed by atoms with van der Waals surface area (Å²) >= 11 is 0. The van der Waals surface area contributed by atoms with Crippen molar-refractivity contribution in [3.8, 4) is 11.5 Å². The lowest BCUT2D eigenvalue weighted by molar-refractivity contribution is 0.415. The number of hydrogen-bond donors (Lipinski definition) is 1. The molecule has 0 radical (unpaired) electrons. The Kier molecular flexibility index (Phi) is 4.85. The van der Waals surface area contributed by atoms with Crippen LogP contribution in [0.15, 0.2) is 72.8 Å². The highest BCUT2D eigenvalue weighted by Crippen LogP contribution is 2.38. The normalized spacial score (nSPS) is 14.8. The number of benzene rings is 2. The second-order valence-corrected chi connectivity index (χ2v) is 5.82. The number of ether oxygens (including phenoxy) is 1. The minimum atomic E-state index is 0.256. The van der Waals surface area contributed by atoms with Crippen molar-refractivity contribution in [2.24, 2.45) is 5.92 Å². The molecule has 0 bridgehead atoms. The number of methoxy groups -OCH3 is 1. The summed E-state index contributed by atoms with van der Waals surface area (Å²) < 4.78 is 5.27. The largest absolute Gasteiger partial charge is 0.508 e. The first-order valence-electron chi connectivity index (χ1n) is 8.24. The molecule has 2 aromatic rings. The van der Waals surface area contributed by atoms with Crippen molar-refractivity contribution >= 4 is 11.1 Å². The summed E-state index contributed by atoms with van der Waals surface area (Å²) in [5.74, 6) is 1.41. The minimum absolute atomic E-state index is 0.256. The van der Waals surface area contributed by atoms with Gasteiger partial charge in [0, 0.05) is 5.92 Å². The van der Waals surface area contributed by atoms with Gasteiger partial charge in [0.05, 0.1) is 7.11 Å². The molecule has 0 unspecified atom stereocenters. The van der Waals surface area contributed by atoms with Gasteiger partial charge in [0.25, 0.3) is 0 Å². The lowest BCUT2D eigenvalue weighted by Crippen LogP contribution is -2.00. The molecule has 1 N–H and O–H groups in total. The van der Waals surface area contributed by atoms with E-state index in [1.54, 1.807) is 19.2 Å². The molecule has 3 rings (SSSR count). The summed E-state index contributed by atoms with van der Waals surface area (Å²) in [6.45, 7) is 2.18. The molecule has 0 spiro atoms. The topological polar surface area (TPSA) is 29.5 Å². The van der Waals surface area contributed by atoms with Gasteiger partial charge in [-0.1, -0.05) is 55.5 Å². The van der Waals surface area contributed by atoms with E-state index < -0.39 is 0 Å². The first kappa shape index (κ1) is 16.1. The molecule has 0 atom stereocenters. The second-order valence-electron chi connectivity index (χ2n) is 5.82. The fourth-order valence-electron chi connectivity index (χ4n) is 3.18. The van der Waals surface area contributed by atoms with Gasteiger partial charge >= 0.3 is 0 Å². The van der Waals surface area contributed by atoms with E-state index in [4.69, 9.17) is 4.74 Å². The quantitative estimate of drug-likeness (QED) is 0.741. The Morgan fingerprint density at radius 1 is 0.917 bits per heavy atom. The standard InChI is InChI=1S/C22H22O2/c1-3-21(16-10-14-20(24-2)15-11-16)22(17-6-4-5-7-17)18-8-12-19(23)13-9-18/h4-15,17,23H,3H2,1-2H3/b22-21+. The van der Waals surface area contributed by atoms with Gasteiger partial charge in [-0.15, -0.1) is 0 Å². The summed E-state index contributed by atoms with van der Waals surface area (Å²) in [7, 11) is 1.68. The van der Waals surface area contributed by atoms with Gasteiger partial charge in [0.15, 0.2) is 0 Å². The Morgan fingerprint density at radius 3 is 2.04 bits per heavy atom. The smallest absolute Gasteiger partial charge is 0.118 e. The van der Waals surface area contributed by atoms with Crippen LogP contribution in [0.1, 0.15) is 24.5 Å². The van der Waals surface area contributed by atoms with Gasteiger partial charge in [0.2, 0.25) is 0 Å². The molecule has 0 heterocycles. The predicted molar refractivity (Wildman–Crippen MR) is 100.0 cm³/mol. The van der Waals surface area contributed by atoms with Crippen LogP contribution in [-0.2, 0) is 0 Å². The van der Waals surface area contributed by atoms with Crippen LogP contribution in [0.5, 0.6) is 11.5 Å². The van der Waals surface area contributed by atoms with E-state index in [9.17, 15) is 5.11 Å². The first-order chi connectivity index (χ1) is 11.7. The molecule has 2 nitrogen and oxygen atoms in total. The molecule has 0 aliphatic heterocycles.